The molecule has 0 spiro atoms. The first-order valence-electron chi connectivity index (χ1n) is 4.26. The van der Waals surface area contributed by atoms with E-state index in [0.717, 1.165) is 24.7 Å². The molecular formula is C10H11NO2. The van der Waals surface area contributed by atoms with E-state index in [-0.39, 0.29) is 5.41 Å². The summed E-state index contributed by atoms with van der Waals surface area (Å²) in [6.45, 7) is 0. The lowest BCUT2D eigenvalue weighted by Crippen LogP contribution is -2.08. The van der Waals surface area contributed by atoms with Crippen molar-refractivity contribution in [3.63, 3.8) is 0 Å². The van der Waals surface area contributed by atoms with Crippen LogP contribution in [0.5, 0.6) is 5.75 Å². The summed E-state index contributed by atoms with van der Waals surface area (Å²) in [6.07, 6.45) is 6.27. The van der Waals surface area contributed by atoms with E-state index in [2.05, 4.69) is 4.98 Å². The van der Waals surface area contributed by atoms with Gasteiger partial charge in [0.2, 0.25) is 0 Å². The first-order valence-corrected chi connectivity index (χ1v) is 4.26. The van der Waals surface area contributed by atoms with Crippen molar-refractivity contribution < 1.29 is 9.53 Å². The Morgan fingerprint density at radius 2 is 2.31 bits per heavy atom. The number of aldehydes is 1. The smallest absolute Gasteiger partial charge is 0.137 e. The second-order valence-corrected chi connectivity index (χ2v) is 3.39. The van der Waals surface area contributed by atoms with E-state index >= 15 is 0 Å². The van der Waals surface area contributed by atoms with Crippen LogP contribution >= 0.6 is 0 Å². The summed E-state index contributed by atoms with van der Waals surface area (Å²) in [5, 5.41) is 0. The number of carbonyl (C=O) groups is 1. The number of pyridine rings is 1. The molecule has 0 aliphatic heterocycles. The molecule has 1 aliphatic rings. The Hall–Kier alpha value is -1.38. The normalized spacial score (nSPS) is 17.9. The number of methoxy groups -OCH3 is 1. The molecule has 0 aromatic carbocycles. The van der Waals surface area contributed by atoms with E-state index in [9.17, 15) is 4.79 Å². The van der Waals surface area contributed by atoms with Crippen LogP contribution in [0.25, 0.3) is 0 Å². The predicted molar refractivity (Wildman–Crippen MR) is 47.8 cm³/mol. The number of nitrogens with zero attached hydrogens (tertiary/aromatic N) is 1. The molecule has 3 nitrogen and oxygen atoms in total. The van der Waals surface area contributed by atoms with Gasteiger partial charge in [0.1, 0.15) is 12.0 Å². The Morgan fingerprint density at radius 1 is 1.54 bits per heavy atom. The number of aromatic nitrogens is 1. The lowest BCUT2D eigenvalue weighted by Gasteiger charge is -2.07. The van der Waals surface area contributed by atoms with Gasteiger partial charge in [-0.3, -0.25) is 4.98 Å². The zero-order valence-electron chi connectivity index (χ0n) is 7.49. The van der Waals surface area contributed by atoms with Crippen LogP contribution in [0, 0.1) is 0 Å². The molecule has 68 valence electrons. The summed E-state index contributed by atoms with van der Waals surface area (Å²) in [4.78, 5) is 14.8. The molecule has 1 saturated carbocycles. The molecule has 1 heterocycles. The minimum Gasteiger partial charge on any atom is -0.495 e. The van der Waals surface area contributed by atoms with Gasteiger partial charge in [-0.2, -0.15) is 0 Å². The van der Waals surface area contributed by atoms with Crippen molar-refractivity contribution in [3.8, 4) is 5.75 Å². The van der Waals surface area contributed by atoms with Crippen LogP contribution in [0.3, 0.4) is 0 Å². The third-order valence-electron chi connectivity index (χ3n) is 2.54. The van der Waals surface area contributed by atoms with Crippen LogP contribution in [-0.2, 0) is 10.2 Å². The van der Waals surface area contributed by atoms with Gasteiger partial charge < -0.3 is 9.53 Å². The molecule has 0 unspecified atom stereocenters. The highest BCUT2D eigenvalue weighted by Gasteiger charge is 2.44. The molecule has 1 fully saturated rings. The number of carbonyl (C=O) groups excluding carboxylic acids is 1. The summed E-state index contributed by atoms with van der Waals surface area (Å²) >= 11 is 0. The molecule has 0 bridgehead atoms. The van der Waals surface area contributed by atoms with Crippen molar-refractivity contribution >= 4 is 6.29 Å². The second-order valence-electron chi connectivity index (χ2n) is 3.39. The average molecular weight is 177 g/mol. The van der Waals surface area contributed by atoms with Gasteiger partial charge in [0.05, 0.1) is 18.7 Å². The molecule has 1 aliphatic carbocycles. The standard InChI is InChI=1S/C10H11NO2/c1-13-9-4-8(5-11-6-9)10(7-12)2-3-10/h4-7H,2-3H2,1H3. The fourth-order valence-corrected chi connectivity index (χ4v) is 1.41. The highest BCUT2D eigenvalue weighted by molar-refractivity contribution is 5.73. The molecule has 0 atom stereocenters. The Bertz CT molecular complexity index is 331. The van der Waals surface area contributed by atoms with E-state index in [0.29, 0.717) is 5.75 Å². The Balaban J connectivity index is 2.35. The number of ether oxygens (including phenoxy) is 1. The van der Waals surface area contributed by atoms with E-state index in [4.69, 9.17) is 4.74 Å². The van der Waals surface area contributed by atoms with Gasteiger partial charge in [-0.25, -0.2) is 0 Å². The first-order chi connectivity index (χ1) is 6.30. The van der Waals surface area contributed by atoms with Crippen LogP contribution in [-0.4, -0.2) is 18.4 Å². The SMILES string of the molecule is COc1cncc(C2(C=O)CC2)c1. The molecule has 1 aromatic heterocycles. The zero-order valence-corrected chi connectivity index (χ0v) is 7.49. The summed E-state index contributed by atoms with van der Waals surface area (Å²) < 4.78 is 5.04. The molecule has 1 aromatic rings. The highest BCUT2D eigenvalue weighted by Crippen LogP contribution is 2.46. The number of hydrogen-bond donors (Lipinski definition) is 0. The van der Waals surface area contributed by atoms with Crippen LogP contribution in [0.4, 0.5) is 0 Å². The van der Waals surface area contributed by atoms with Crippen LogP contribution in [0.1, 0.15) is 18.4 Å². The average Bonchev–Trinajstić information content (AvgIpc) is 2.99. The predicted octanol–water partition coefficient (Wildman–Crippen LogP) is 1.32. The molecule has 0 amide bonds. The lowest BCUT2D eigenvalue weighted by atomic mass is 10.00. The van der Waals surface area contributed by atoms with E-state index in [1.165, 1.54) is 0 Å². The van der Waals surface area contributed by atoms with Gasteiger partial charge in [-0.05, 0) is 24.5 Å². The fraction of sp³-hybridized carbons (Fsp3) is 0.400. The maximum absolute atomic E-state index is 10.8. The topological polar surface area (TPSA) is 39.2 Å². The molecule has 13 heavy (non-hydrogen) atoms. The molecular weight excluding hydrogens is 166 g/mol. The minimum absolute atomic E-state index is 0.248. The quantitative estimate of drug-likeness (QED) is 0.653. The summed E-state index contributed by atoms with van der Waals surface area (Å²) in [5.41, 5.74) is 0.725. The van der Waals surface area contributed by atoms with Crippen molar-refractivity contribution in [2.24, 2.45) is 0 Å². The number of hydrogen-bond acceptors (Lipinski definition) is 3. The van der Waals surface area contributed by atoms with Gasteiger partial charge in [0.15, 0.2) is 0 Å². The van der Waals surface area contributed by atoms with Crippen molar-refractivity contribution in [2.45, 2.75) is 18.3 Å². The summed E-state index contributed by atoms with van der Waals surface area (Å²) in [5.74, 6) is 0.714. The van der Waals surface area contributed by atoms with E-state index in [1.54, 1.807) is 19.5 Å². The van der Waals surface area contributed by atoms with Crippen LogP contribution in [0.15, 0.2) is 18.5 Å². The Morgan fingerprint density at radius 3 is 2.85 bits per heavy atom. The molecule has 0 N–H and O–H groups in total. The molecule has 0 radical (unpaired) electrons. The number of rotatable bonds is 3. The first kappa shape index (κ1) is 8.23. The van der Waals surface area contributed by atoms with Crippen molar-refractivity contribution in [1.29, 1.82) is 0 Å². The summed E-state index contributed by atoms with van der Waals surface area (Å²) in [7, 11) is 1.60. The minimum atomic E-state index is -0.248. The second kappa shape index (κ2) is 2.83. The van der Waals surface area contributed by atoms with E-state index < -0.39 is 0 Å². The van der Waals surface area contributed by atoms with Gasteiger partial charge in [0, 0.05) is 6.20 Å². The summed E-state index contributed by atoms with van der Waals surface area (Å²) in [6, 6.07) is 1.88. The Kier molecular flexibility index (Phi) is 1.79. The van der Waals surface area contributed by atoms with Crippen LogP contribution in [0.2, 0.25) is 0 Å². The van der Waals surface area contributed by atoms with Gasteiger partial charge in [-0.15, -0.1) is 0 Å². The highest BCUT2D eigenvalue weighted by atomic mass is 16.5. The van der Waals surface area contributed by atoms with Gasteiger partial charge >= 0.3 is 0 Å². The van der Waals surface area contributed by atoms with E-state index in [1.807, 2.05) is 6.07 Å². The monoisotopic (exact) mass is 177 g/mol. The maximum atomic E-state index is 10.8. The molecule has 3 heteroatoms. The Labute approximate surface area is 76.7 Å². The molecule has 2 rings (SSSR count). The largest absolute Gasteiger partial charge is 0.495 e. The third kappa shape index (κ3) is 1.30. The zero-order chi connectivity index (χ0) is 9.31. The lowest BCUT2D eigenvalue weighted by molar-refractivity contribution is -0.109. The third-order valence-corrected chi connectivity index (χ3v) is 2.54. The van der Waals surface area contributed by atoms with Crippen LogP contribution < -0.4 is 4.74 Å². The van der Waals surface area contributed by atoms with Crippen molar-refractivity contribution in [1.82, 2.24) is 4.98 Å². The van der Waals surface area contributed by atoms with Gasteiger partial charge in [0.25, 0.3) is 0 Å². The van der Waals surface area contributed by atoms with Crippen molar-refractivity contribution in [2.75, 3.05) is 7.11 Å². The van der Waals surface area contributed by atoms with Crippen molar-refractivity contribution in [3.05, 3.63) is 24.0 Å². The maximum Gasteiger partial charge on any atom is 0.137 e. The fourth-order valence-electron chi connectivity index (χ4n) is 1.41. The molecule has 0 saturated heterocycles. The van der Waals surface area contributed by atoms with Gasteiger partial charge in [-0.1, -0.05) is 0 Å².